The fourth-order valence-electron chi connectivity index (χ4n) is 1.09. The number of ether oxygens (including phenoxy) is 2. The standard InChI is InChI=1S/C10H4F12O4/c11-7(12,13)5(8(14,15)16)25-3(23)1-2-4(24)26-6(9(17,18)19)10(20,21)22/h1-2,5-6H. The van der Waals surface area contributed by atoms with Gasteiger partial charge in [0.2, 0.25) is 0 Å². The molecule has 0 radical (unpaired) electrons. The van der Waals surface area contributed by atoms with Crippen LogP contribution in [0.3, 0.4) is 0 Å². The van der Waals surface area contributed by atoms with Crippen molar-refractivity contribution >= 4 is 11.9 Å². The highest BCUT2D eigenvalue weighted by molar-refractivity contribution is 5.91. The van der Waals surface area contributed by atoms with Gasteiger partial charge in [-0.3, -0.25) is 0 Å². The molecule has 0 bridgehead atoms. The van der Waals surface area contributed by atoms with E-state index in [2.05, 4.69) is 9.47 Å². The zero-order valence-corrected chi connectivity index (χ0v) is 11.5. The topological polar surface area (TPSA) is 52.6 Å². The molecule has 0 heterocycles. The van der Waals surface area contributed by atoms with E-state index in [4.69, 9.17) is 0 Å². The summed E-state index contributed by atoms with van der Waals surface area (Å²) in [5.41, 5.74) is 0. The van der Waals surface area contributed by atoms with Crippen molar-refractivity contribution in [2.45, 2.75) is 36.9 Å². The number of alkyl halides is 12. The first-order chi connectivity index (χ1) is 11.3. The summed E-state index contributed by atoms with van der Waals surface area (Å²) in [6.07, 6.45) is -34.9. The summed E-state index contributed by atoms with van der Waals surface area (Å²) in [5.74, 6) is -5.06. The number of rotatable bonds is 4. The third-order valence-electron chi connectivity index (χ3n) is 2.01. The molecule has 16 heteroatoms. The van der Waals surface area contributed by atoms with Gasteiger partial charge in [-0.05, 0) is 0 Å². The number of carbonyl (C=O) groups excluding carboxylic acids is 2. The van der Waals surface area contributed by atoms with E-state index < -0.39 is 61.0 Å². The highest BCUT2D eigenvalue weighted by atomic mass is 19.4. The molecular formula is C10H4F12O4. The molecule has 0 aromatic heterocycles. The highest BCUT2D eigenvalue weighted by Crippen LogP contribution is 2.36. The SMILES string of the molecule is O=C(C=CC(=O)OC(C(F)(F)F)C(F)(F)F)OC(C(F)(F)F)C(F)(F)F. The van der Waals surface area contributed by atoms with Crippen molar-refractivity contribution in [3.8, 4) is 0 Å². The molecule has 0 saturated carbocycles. The Hall–Kier alpha value is -2.16. The summed E-state index contributed by atoms with van der Waals surface area (Å²) in [5, 5.41) is 0. The van der Waals surface area contributed by atoms with Gasteiger partial charge in [0.15, 0.2) is 0 Å². The normalized spacial score (nSPS) is 14.2. The van der Waals surface area contributed by atoms with Gasteiger partial charge < -0.3 is 9.47 Å². The van der Waals surface area contributed by atoms with E-state index in [1.54, 1.807) is 0 Å². The Morgan fingerprint density at radius 1 is 0.538 bits per heavy atom. The van der Waals surface area contributed by atoms with Crippen molar-refractivity contribution < 1.29 is 71.7 Å². The first-order valence-corrected chi connectivity index (χ1v) is 5.62. The van der Waals surface area contributed by atoms with Crippen LogP contribution in [-0.4, -0.2) is 48.9 Å². The number of hydrogen-bond donors (Lipinski definition) is 0. The molecule has 0 aliphatic carbocycles. The maximum Gasteiger partial charge on any atom is 0.434 e. The number of halogens is 12. The quantitative estimate of drug-likeness (QED) is 0.399. The van der Waals surface area contributed by atoms with Crippen LogP contribution in [0.15, 0.2) is 12.2 Å². The first kappa shape index (κ1) is 23.8. The third kappa shape index (κ3) is 7.81. The van der Waals surface area contributed by atoms with Crippen LogP contribution < -0.4 is 0 Å². The zero-order chi connectivity index (χ0) is 21.1. The first-order valence-electron chi connectivity index (χ1n) is 5.62. The van der Waals surface area contributed by atoms with Gasteiger partial charge in [0.05, 0.1) is 0 Å². The van der Waals surface area contributed by atoms with Crippen LogP contribution >= 0.6 is 0 Å². The van der Waals surface area contributed by atoms with Crippen LogP contribution in [0.5, 0.6) is 0 Å². The van der Waals surface area contributed by atoms with E-state index >= 15 is 0 Å². The summed E-state index contributed by atoms with van der Waals surface area (Å²) in [6.45, 7) is 0. The molecule has 0 amide bonds. The predicted molar refractivity (Wildman–Crippen MR) is 53.1 cm³/mol. The average molecular weight is 416 g/mol. The van der Waals surface area contributed by atoms with Crippen LogP contribution in [0.4, 0.5) is 52.7 Å². The summed E-state index contributed by atoms with van der Waals surface area (Å²) in [6, 6.07) is 0. The third-order valence-corrected chi connectivity index (χ3v) is 2.01. The van der Waals surface area contributed by atoms with Gasteiger partial charge in [0, 0.05) is 12.2 Å². The maximum absolute atomic E-state index is 12.0. The second-order valence-electron chi connectivity index (χ2n) is 4.13. The molecule has 0 fully saturated rings. The van der Waals surface area contributed by atoms with Crippen molar-refractivity contribution in [3.05, 3.63) is 12.2 Å². The van der Waals surface area contributed by atoms with E-state index in [9.17, 15) is 62.3 Å². The van der Waals surface area contributed by atoms with Crippen LogP contribution in [0.25, 0.3) is 0 Å². The average Bonchev–Trinajstić information content (AvgIpc) is 2.34. The van der Waals surface area contributed by atoms with Gasteiger partial charge in [-0.2, -0.15) is 52.7 Å². The Balaban J connectivity index is 5.10. The van der Waals surface area contributed by atoms with Crippen molar-refractivity contribution in [3.63, 3.8) is 0 Å². The largest absolute Gasteiger partial charge is 0.440 e. The molecular weight excluding hydrogens is 412 g/mol. The number of esters is 2. The Bertz CT molecular complexity index is 462. The molecule has 0 aromatic carbocycles. The smallest absolute Gasteiger partial charge is 0.434 e. The molecule has 152 valence electrons. The minimum absolute atomic E-state index is 0.573. The monoisotopic (exact) mass is 416 g/mol. The van der Waals surface area contributed by atoms with E-state index in [1.165, 1.54) is 0 Å². The fraction of sp³-hybridized carbons (Fsp3) is 0.600. The Morgan fingerprint density at radius 2 is 0.731 bits per heavy atom. The van der Waals surface area contributed by atoms with Crippen LogP contribution in [0, 0.1) is 0 Å². The maximum atomic E-state index is 12.0. The van der Waals surface area contributed by atoms with Crippen LogP contribution in [0.2, 0.25) is 0 Å². The van der Waals surface area contributed by atoms with Gasteiger partial charge >= 0.3 is 36.6 Å². The van der Waals surface area contributed by atoms with E-state index in [-0.39, 0.29) is 0 Å². The van der Waals surface area contributed by atoms with E-state index in [1.807, 2.05) is 0 Å². The van der Waals surface area contributed by atoms with Crippen molar-refractivity contribution in [2.75, 3.05) is 0 Å². The summed E-state index contributed by atoms with van der Waals surface area (Å²) >= 11 is 0. The van der Waals surface area contributed by atoms with Crippen molar-refractivity contribution in [1.82, 2.24) is 0 Å². The Labute approximate surface area is 134 Å². The minimum Gasteiger partial charge on any atom is -0.440 e. The molecule has 4 nitrogen and oxygen atoms in total. The van der Waals surface area contributed by atoms with Crippen LogP contribution in [0.1, 0.15) is 0 Å². The van der Waals surface area contributed by atoms with Crippen molar-refractivity contribution in [1.29, 1.82) is 0 Å². The van der Waals surface area contributed by atoms with E-state index in [0.29, 0.717) is 0 Å². The Morgan fingerprint density at radius 3 is 0.885 bits per heavy atom. The molecule has 0 atom stereocenters. The molecule has 0 unspecified atom stereocenters. The summed E-state index contributed by atoms with van der Waals surface area (Å²) in [4.78, 5) is 21.5. The Kier molecular flexibility index (Phi) is 6.98. The van der Waals surface area contributed by atoms with Crippen LogP contribution in [-0.2, 0) is 19.1 Å². The second-order valence-corrected chi connectivity index (χ2v) is 4.13. The fourth-order valence-corrected chi connectivity index (χ4v) is 1.09. The highest BCUT2D eigenvalue weighted by Gasteiger charge is 2.60. The zero-order valence-electron chi connectivity index (χ0n) is 11.5. The van der Waals surface area contributed by atoms with Crippen molar-refractivity contribution in [2.24, 2.45) is 0 Å². The molecule has 0 aliphatic rings. The molecule has 0 rings (SSSR count). The molecule has 0 saturated heterocycles. The lowest BCUT2D eigenvalue weighted by atomic mass is 10.3. The molecule has 0 aromatic rings. The predicted octanol–water partition coefficient (Wildman–Crippen LogP) is 3.62. The van der Waals surface area contributed by atoms with E-state index in [0.717, 1.165) is 0 Å². The van der Waals surface area contributed by atoms with Gasteiger partial charge in [0.1, 0.15) is 0 Å². The molecule has 0 aliphatic heterocycles. The van der Waals surface area contributed by atoms with Gasteiger partial charge in [-0.1, -0.05) is 0 Å². The lowest BCUT2D eigenvalue weighted by Gasteiger charge is -2.22. The van der Waals surface area contributed by atoms with Gasteiger partial charge in [0.25, 0.3) is 12.2 Å². The number of carbonyl (C=O) groups is 2. The lowest BCUT2D eigenvalue weighted by Crippen LogP contribution is -2.45. The summed E-state index contributed by atoms with van der Waals surface area (Å²) < 4.78 is 150. The lowest BCUT2D eigenvalue weighted by molar-refractivity contribution is -0.313. The molecule has 0 spiro atoms. The number of hydrogen-bond acceptors (Lipinski definition) is 4. The minimum atomic E-state index is -6.13. The second kappa shape index (κ2) is 7.61. The van der Waals surface area contributed by atoms with Gasteiger partial charge in [-0.15, -0.1) is 0 Å². The molecule has 26 heavy (non-hydrogen) atoms. The summed E-state index contributed by atoms with van der Waals surface area (Å²) in [7, 11) is 0. The van der Waals surface area contributed by atoms with Gasteiger partial charge in [-0.25, -0.2) is 9.59 Å². The molecule has 0 N–H and O–H groups in total.